The van der Waals surface area contributed by atoms with Crippen molar-refractivity contribution >= 4 is 33.3 Å². The molecule has 5 aromatic rings. The first kappa shape index (κ1) is 17.1. The van der Waals surface area contributed by atoms with Crippen LogP contribution >= 0.6 is 23.1 Å². The third kappa shape index (κ3) is 3.19. The van der Waals surface area contributed by atoms with Crippen LogP contribution in [0.25, 0.3) is 32.8 Å². The lowest BCUT2D eigenvalue weighted by Gasteiger charge is -2.03. The minimum Gasteiger partial charge on any atom is -0.411 e. The predicted molar refractivity (Wildman–Crippen MR) is 111 cm³/mol. The van der Waals surface area contributed by atoms with Gasteiger partial charge in [-0.15, -0.1) is 21.5 Å². The van der Waals surface area contributed by atoms with Crippen LogP contribution in [0, 0.1) is 6.92 Å². The van der Waals surface area contributed by atoms with Gasteiger partial charge in [0, 0.05) is 16.5 Å². The molecule has 5 nitrogen and oxygen atoms in total. The van der Waals surface area contributed by atoms with E-state index in [0.717, 1.165) is 31.9 Å². The molecule has 28 heavy (non-hydrogen) atoms. The Morgan fingerprint density at radius 3 is 2.54 bits per heavy atom. The largest absolute Gasteiger partial charge is 0.411 e. The molecule has 0 saturated heterocycles. The van der Waals surface area contributed by atoms with Gasteiger partial charge in [0.25, 0.3) is 5.22 Å². The quantitative estimate of drug-likeness (QED) is 0.350. The Morgan fingerprint density at radius 2 is 1.71 bits per heavy atom. The Hall–Kier alpha value is -3.03. The number of rotatable bonds is 4. The summed E-state index contributed by atoms with van der Waals surface area (Å²) < 4.78 is 5.84. The molecule has 0 atom stereocenters. The van der Waals surface area contributed by atoms with E-state index in [0.29, 0.717) is 11.1 Å². The first-order valence-electron chi connectivity index (χ1n) is 8.64. The van der Waals surface area contributed by atoms with Crippen molar-refractivity contribution in [1.82, 2.24) is 20.2 Å². The summed E-state index contributed by atoms with van der Waals surface area (Å²) >= 11 is 2.97. The van der Waals surface area contributed by atoms with Crippen LogP contribution in [0.5, 0.6) is 0 Å². The van der Waals surface area contributed by atoms with Crippen molar-refractivity contribution < 1.29 is 4.42 Å². The van der Waals surface area contributed by atoms with Crippen molar-refractivity contribution in [2.45, 2.75) is 17.2 Å². The van der Waals surface area contributed by atoms with Crippen LogP contribution in [0.1, 0.15) is 5.56 Å². The maximum atomic E-state index is 5.84. The Bertz CT molecular complexity index is 1250. The monoisotopic (exact) mass is 402 g/mol. The molecule has 2 aromatic carbocycles. The van der Waals surface area contributed by atoms with Crippen LogP contribution in [-0.4, -0.2) is 20.2 Å². The molecule has 7 heteroatoms. The highest BCUT2D eigenvalue weighted by atomic mass is 32.2. The highest BCUT2D eigenvalue weighted by Gasteiger charge is 2.17. The summed E-state index contributed by atoms with van der Waals surface area (Å²) in [6, 6.07) is 18.2. The van der Waals surface area contributed by atoms with Gasteiger partial charge >= 0.3 is 0 Å². The zero-order valence-corrected chi connectivity index (χ0v) is 16.5. The number of aryl methyl sites for hydroxylation is 1. The van der Waals surface area contributed by atoms with Crippen molar-refractivity contribution in [3.8, 4) is 22.6 Å². The molecule has 136 valence electrons. The van der Waals surface area contributed by atoms with Gasteiger partial charge in [0.2, 0.25) is 5.89 Å². The van der Waals surface area contributed by atoms with E-state index >= 15 is 0 Å². The van der Waals surface area contributed by atoms with Crippen molar-refractivity contribution in [2.24, 2.45) is 0 Å². The van der Waals surface area contributed by atoms with Crippen LogP contribution in [0.2, 0.25) is 0 Å². The summed E-state index contributed by atoms with van der Waals surface area (Å²) in [7, 11) is 0. The van der Waals surface area contributed by atoms with Gasteiger partial charge < -0.3 is 4.42 Å². The first-order chi connectivity index (χ1) is 13.8. The number of hydrogen-bond acceptors (Lipinski definition) is 7. The van der Waals surface area contributed by atoms with Gasteiger partial charge in [-0.3, -0.25) is 0 Å². The summed E-state index contributed by atoms with van der Waals surface area (Å²) in [5.41, 5.74) is 4.38. The molecule has 0 saturated carbocycles. The summed E-state index contributed by atoms with van der Waals surface area (Å²) in [6.07, 6.45) is 1.58. The molecule has 5 rings (SSSR count). The van der Waals surface area contributed by atoms with Crippen LogP contribution in [0.15, 0.2) is 81.0 Å². The molecule has 0 radical (unpaired) electrons. The minimum absolute atomic E-state index is 0.458. The molecule has 3 heterocycles. The smallest absolute Gasteiger partial charge is 0.283 e. The van der Waals surface area contributed by atoms with Crippen molar-refractivity contribution in [3.05, 3.63) is 71.9 Å². The topological polar surface area (TPSA) is 64.7 Å². The molecule has 0 fully saturated rings. The first-order valence-corrected chi connectivity index (χ1v) is 10.3. The van der Waals surface area contributed by atoms with Gasteiger partial charge in [-0.25, -0.2) is 9.97 Å². The fraction of sp³-hybridized carbons (Fsp3) is 0.0476. The van der Waals surface area contributed by atoms with Gasteiger partial charge in [0.1, 0.15) is 16.2 Å². The van der Waals surface area contributed by atoms with Crippen LogP contribution in [0.3, 0.4) is 0 Å². The maximum Gasteiger partial charge on any atom is 0.283 e. The van der Waals surface area contributed by atoms with E-state index in [1.807, 2.05) is 30.3 Å². The van der Waals surface area contributed by atoms with Crippen LogP contribution in [0.4, 0.5) is 0 Å². The van der Waals surface area contributed by atoms with Crippen LogP contribution < -0.4 is 0 Å². The third-order valence-electron chi connectivity index (χ3n) is 4.31. The van der Waals surface area contributed by atoms with Crippen molar-refractivity contribution in [2.75, 3.05) is 0 Å². The molecule has 0 N–H and O–H groups in total. The summed E-state index contributed by atoms with van der Waals surface area (Å²) in [5, 5.41) is 12.8. The van der Waals surface area contributed by atoms with Crippen molar-refractivity contribution in [3.63, 3.8) is 0 Å². The third-order valence-corrected chi connectivity index (χ3v) is 6.04. The molecule has 0 amide bonds. The molecule has 0 spiro atoms. The average Bonchev–Trinajstić information content (AvgIpc) is 3.37. The molecular weight excluding hydrogens is 388 g/mol. The fourth-order valence-corrected chi connectivity index (χ4v) is 4.66. The second-order valence-electron chi connectivity index (χ2n) is 6.22. The molecule has 0 bridgehead atoms. The maximum absolute atomic E-state index is 5.84. The molecule has 3 aromatic heterocycles. The number of benzene rings is 2. The lowest BCUT2D eigenvalue weighted by atomic mass is 10.1. The second-order valence-corrected chi connectivity index (χ2v) is 8.01. The highest BCUT2D eigenvalue weighted by molar-refractivity contribution is 7.99. The van der Waals surface area contributed by atoms with E-state index in [-0.39, 0.29) is 0 Å². The molecule has 0 aliphatic carbocycles. The zero-order valence-electron chi connectivity index (χ0n) is 14.9. The summed E-state index contributed by atoms with van der Waals surface area (Å²) in [5.74, 6) is 0.498. The molecular formula is C21H14N4OS2. The lowest BCUT2D eigenvalue weighted by molar-refractivity contribution is 0.465. The van der Waals surface area contributed by atoms with Crippen LogP contribution in [-0.2, 0) is 0 Å². The zero-order chi connectivity index (χ0) is 18.9. The minimum atomic E-state index is 0.458. The van der Waals surface area contributed by atoms with Crippen molar-refractivity contribution in [1.29, 1.82) is 0 Å². The number of thiophene rings is 1. The summed E-state index contributed by atoms with van der Waals surface area (Å²) in [6.45, 7) is 2.08. The average molecular weight is 403 g/mol. The molecule has 0 aliphatic rings. The Kier molecular flexibility index (Phi) is 4.38. The van der Waals surface area contributed by atoms with Gasteiger partial charge in [0.15, 0.2) is 0 Å². The van der Waals surface area contributed by atoms with Gasteiger partial charge in [0.05, 0.1) is 5.39 Å². The number of aromatic nitrogens is 4. The van der Waals surface area contributed by atoms with E-state index in [9.17, 15) is 0 Å². The standard InChI is InChI=1S/C21H14N4OS2/c1-13-7-9-14(10-8-13)16-11-27-19-17(16)20(23-12-22-19)28-21-25-24-18(26-21)15-5-3-2-4-6-15/h2-12H,1H3. The number of fused-ring (bicyclic) bond motifs is 1. The number of hydrogen-bond donors (Lipinski definition) is 0. The van der Waals surface area contributed by atoms with Gasteiger partial charge in [-0.05, 0) is 36.4 Å². The fourth-order valence-electron chi connectivity index (χ4n) is 2.90. The second kappa shape index (κ2) is 7.18. The Labute approximate surface area is 169 Å². The normalized spacial score (nSPS) is 11.2. The van der Waals surface area contributed by atoms with E-state index in [2.05, 4.69) is 56.7 Å². The van der Waals surface area contributed by atoms with E-state index in [4.69, 9.17) is 4.42 Å². The van der Waals surface area contributed by atoms with Gasteiger partial charge in [-0.2, -0.15) is 0 Å². The number of nitrogens with zero attached hydrogens (tertiary/aromatic N) is 4. The lowest BCUT2D eigenvalue weighted by Crippen LogP contribution is -1.86. The Balaban J connectivity index is 1.54. The SMILES string of the molecule is Cc1ccc(-c2csc3ncnc(Sc4nnc(-c5ccccc5)o4)c23)cc1. The summed E-state index contributed by atoms with van der Waals surface area (Å²) in [4.78, 5) is 9.86. The highest BCUT2D eigenvalue weighted by Crippen LogP contribution is 2.40. The molecule has 0 aliphatic heterocycles. The van der Waals surface area contributed by atoms with E-state index < -0.39 is 0 Å². The van der Waals surface area contributed by atoms with E-state index in [1.54, 1.807) is 17.7 Å². The predicted octanol–water partition coefficient (Wildman–Crippen LogP) is 5.87. The molecule has 0 unspecified atom stereocenters. The Morgan fingerprint density at radius 1 is 0.893 bits per heavy atom. The van der Waals surface area contributed by atoms with Gasteiger partial charge in [-0.1, -0.05) is 48.0 Å². The van der Waals surface area contributed by atoms with E-state index in [1.165, 1.54) is 17.3 Å².